The van der Waals surface area contributed by atoms with Gasteiger partial charge in [-0.25, -0.2) is 10.2 Å². The first kappa shape index (κ1) is 10.6. The lowest BCUT2D eigenvalue weighted by Crippen LogP contribution is -2.35. The predicted octanol–water partition coefficient (Wildman–Crippen LogP) is -3.23. The maximum Gasteiger partial charge on any atom is 0.332 e. The summed E-state index contributed by atoms with van der Waals surface area (Å²) in [5, 5.41) is 5.04. The van der Waals surface area contributed by atoms with Gasteiger partial charge in [-0.15, -0.1) is 0 Å². The summed E-state index contributed by atoms with van der Waals surface area (Å²) in [4.78, 5) is 43.2. The highest BCUT2D eigenvalue weighted by Crippen LogP contribution is 2.07. The van der Waals surface area contributed by atoms with Crippen LogP contribution in [0.4, 0.5) is 4.79 Å². The molecule has 0 aromatic rings. The first-order valence-corrected chi connectivity index (χ1v) is 3.71. The third-order valence-electron chi connectivity index (χ3n) is 1.58. The van der Waals surface area contributed by atoms with Crippen molar-refractivity contribution < 1.29 is 19.2 Å². The molecule has 0 bridgehead atoms. The number of nitrogens with one attached hydrogen (secondary N) is 2. The number of nitrogens with zero attached hydrogens (tertiary/aromatic N) is 1. The van der Waals surface area contributed by atoms with Gasteiger partial charge >= 0.3 is 6.03 Å². The molecule has 6 N–H and O–H groups in total. The van der Waals surface area contributed by atoms with Gasteiger partial charge in [-0.1, -0.05) is 0 Å². The van der Waals surface area contributed by atoms with E-state index >= 15 is 0 Å². The first-order chi connectivity index (χ1) is 6.93. The molecule has 9 heteroatoms. The van der Waals surface area contributed by atoms with E-state index in [9.17, 15) is 19.2 Å². The lowest BCUT2D eigenvalue weighted by molar-refractivity contribution is -0.130. The van der Waals surface area contributed by atoms with Crippen LogP contribution < -0.4 is 22.2 Å². The summed E-state index contributed by atoms with van der Waals surface area (Å²) in [7, 11) is 0. The molecule has 1 aliphatic rings. The van der Waals surface area contributed by atoms with E-state index in [0.717, 1.165) is 0 Å². The predicted molar refractivity (Wildman–Crippen MR) is 46.0 cm³/mol. The molecule has 0 aliphatic carbocycles. The molecule has 15 heavy (non-hydrogen) atoms. The van der Waals surface area contributed by atoms with Crippen LogP contribution in [0.15, 0.2) is 5.10 Å². The Labute approximate surface area is 82.8 Å². The van der Waals surface area contributed by atoms with E-state index in [1.807, 2.05) is 5.32 Å². The van der Waals surface area contributed by atoms with E-state index < -0.39 is 35.4 Å². The summed E-state index contributed by atoms with van der Waals surface area (Å²) in [6, 6.07) is -1.03. The molecule has 0 saturated carbocycles. The average molecular weight is 213 g/mol. The molecule has 1 atom stereocenters. The molecule has 0 radical (unpaired) electrons. The van der Waals surface area contributed by atoms with Gasteiger partial charge < -0.3 is 11.5 Å². The van der Waals surface area contributed by atoms with Crippen LogP contribution in [0.2, 0.25) is 0 Å². The zero-order chi connectivity index (χ0) is 11.6. The van der Waals surface area contributed by atoms with Gasteiger partial charge in [0.25, 0.3) is 5.91 Å². The monoisotopic (exact) mass is 213 g/mol. The van der Waals surface area contributed by atoms with Crippen LogP contribution in [0.25, 0.3) is 0 Å². The average Bonchev–Trinajstić information content (AvgIpc) is 2.37. The molecule has 1 rings (SSSR count). The third-order valence-corrected chi connectivity index (χ3v) is 1.58. The molecule has 1 aliphatic heterocycles. The molecular weight excluding hydrogens is 206 g/mol. The summed E-state index contributed by atoms with van der Waals surface area (Å²) >= 11 is 0. The number of amides is 5. The van der Waals surface area contributed by atoms with Gasteiger partial charge in [0.1, 0.15) is 5.71 Å². The van der Waals surface area contributed by atoms with Crippen molar-refractivity contribution in [2.24, 2.45) is 22.5 Å². The summed E-state index contributed by atoms with van der Waals surface area (Å²) in [6.07, 6.45) is 0. The highest BCUT2D eigenvalue weighted by atomic mass is 16.2. The standard InChI is InChI=1S/C6H7N5O4/c7-3(12)1-2(10-11-6(8)15)5(14)9-4(1)13/h1H,(H2,7,12)(H3,8,11,15)(H,9,13,14)/b10-2-/t1-/m1/s1. The topological polar surface area (TPSA) is 157 Å². The Kier molecular flexibility index (Phi) is 2.65. The minimum absolute atomic E-state index is 0.480. The summed E-state index contributed by atoms with van der Waals surface area (Å²) < 4.78 is 0. The SMILES string of the molecule is NC(=O)N/N=C1\C(=O)NC(=O)[C@H]1C(N)=O. The van der Waals surface area contributed by atoms with Crippen LogP contribution in [0.3, 0.4) is 0 Å². The van der Waals surface area contributed by atoms with E-state index in [0.29, 0.717) is 0 Å². The van der Waals surface area contributed by atoms with Crippen LogP contribution in [0, 0.1) is 5.92 Å². The first-order valence-electron chi connectivity index (χ1n) is 3.71. The molecule has 5 amide bonds. The van der Waals surface area contributed by atoms with Crippen LogP contribution >= 0.6 is 0 Å². The fraction of sp³-hybridized carbons (Fsp3) is 0.167. The number of carbonyl (C=O) groups excluding carboxylic acids is 4. The molecule has 9 nitrogen and oxygen atoms in total. The maximum atomic E-state index is 11.0. The van der Waals surface area contributed by atoms with Crippen molar-refractivity contribution in [3.63, 3.8) is 0 Å². The van der Waals surface area contributed by atoms with Crippen LogP contribution in [0.5, 0.6) is 0 Å². The molecule has 80 valence electrons. The molecule has 0 aromatic heterocycles. The van der Waals surface area contributed by atoms with Crippen molar-refractivity contribution in [2.45, 2.75) is 0 Å². The smallest absolute Gasteiger partial charge is 0.332 e. The second kappa shape index (κ2) is 3.74. The zero-order valence-corrected chi connectivity index (χ0v) is 7.31. The van der Waals surface area contributed by atoms with Crippen molar-refractivity contribution in [2.75, 3.05) is 0 Å². The summed E-state index contributed by atoms with van der Waals surface area (Å²) in [5.74, 6) is -4.30. The third kappa shape index (κ3) is 2.07. The van der Waals surface area contributed by atoms with E-state index in [-0.39, 0.29) is 0 Å². The molecule has 0 unspecified atom stereocenters. The van der Waals surface area contributed by atoms with E-state index in [4.69, 9.17) is 5.73 Å². The molecule has 1 heterocycles. The number of carbonyl (C=O) groups is 4. The second-order valence-corrected chi connectivity index (χ2v) is 2.63. The zero-order valence-electron chi connectivity index (χ0n) is 7.31. The van der Waals surface area contributed by atoms with Crippen molar-refractivity contribution in [3.8, 4) is 0 Å². The van der Waals surface area contributed by atoms with Crippen molar-refractivity contribution in [1.82, 2.24) is 10.7 Å². The Bertz CT molecular complexity index is 387. The highest BCUT2D eigenvalue weighted by Gasteiger charge is 2.42. The minimum atomic E-state index is -1.50. The Morgan fingerprint density at radius 3 is 2.40 bits per heavy atom. The normalized spacial score (nSPS) is 22.7. The Morgan fingerprint density at radius 1 is 1.33 bits per heavy atom. The molecule has 1 saturated heterocycles. The number of hydrogen-bond acceptors (Lipinski definition) is 5. The van der Waals surface area contributed by atoms with Crippen LogP contribution in [-0.4, -0.2) is 29.5 Å². The molecule has 0 aromatic carbocycles. The summed E-state index contributed by atoms with van der Waals surface area (Å²) in [5.41, 5.74) is 10.8. The highest BCUT2D eigenvalue weighted by molar-refractivity contribution is 6.54. The van der Waals surface area contributed by atoms with E-state index in [1.54, 1.807) is 5.43 Å². The molecule has 1 fully saturated rings. The Hall–Kier alpha value is -2.45. The van der Waals surface area contributed by atoms with Gasteiger partial charge in [0.05, 0.1) is 0 Å². The van der Waals surface area contributed by atoms with Crippen LogP contribution in [0.1, 0.15) is 0 Å². The molecular formula is C6H7N5O4. The van der Waals surface area contributed by atoms with Gasteiger partial charge in [-0.3, -0.25) is 19.7 Å². The van der Waals surface area contributed by atoms with E-state index in [1.165, 1.54) is 0 Å². The van der Waals surface area contributed by atoms with Crippen molar-refractivity contribution in [1.29, 1.82) is 0 Å². The van der Waals surface area contributed by atoms with Gasteiger partial charge in [-0.05, 0) is 0 Å². The van der Waals surface area contributed by atoms with Gasteiger partial charge in [0.2, 0.25) is 11.8 Å². The van der Waals surface area contributed by atoms with Gasteiger partial charge in [0, 0.05) is 0 Å². The largest absolute Gasteiger partial charge is 0.369 e. The van der Waals surface area contributed by atoms with Crippen molar-refractivity contribution >= 4 is 29.5 Å². The number of rotatable bonds is 2. The minimum Gasteiger partial charge on any atom is -0.369 e. The van der Waals surface area contributed by atoms with Crippen molar-refractivity contribution in [3.05, 3.63) is 0 Å². The number of urea groups is 1. The quantitative estimate of drug-likeness (QED) is 0.216. The van der Waals surface area contributed by atoms with Gasteiger partial charge in [0.15, 0.2) is 5.92 Å². The maximum absolute atomic E-state index is 11.0. The fourth-order valence-corrected chi connectivity index (χ4v) is 0.998. The number of hydrogen-bond donors (Lipinski definition) is 4. The van der Waals surface area contributed by atoms with Crippen LogP contribution in [-0.2, 0) is 14.4 Å². The number of hydrazone groups is 1. The van der Waals surface area contributed by atoms with Gasteiger partial charge in [-0.2, -0.15) is 5.10 Å². The Morgan fingerprint density at radius 2 is 1.93 bits per heavy atom. The fourth-order valence-electron chi connectivity index (χ4n) is 0.998. The number of primary amides is 2. The lowest BCUT2D eigenvalue weighted by atomic mass is 10.1. The Balaban J connectivity index is 2.98. The summed E-state index contributed by atoms with van der Waals surface area (Å²) in [6.45, 7) is 0. The van der Waals surface area contributed by atoms with E-state index in [2.05, 4.69) is 10.8 Å². The number of nitrogens with two attached hydrogens (primary N) is 2. The number of imide groups is 1. The molecule has 0 spiro atoms. The lowest BCUT2D eigenvalue weighted by Gasteiger charge is -2.00. The second-order valence-electron chi connectivity index (χ2n) is 2.63.